The summed E-state index contributed by atoms with van der Waals surface area (Å²) in [5, 5.41) is 0. The second-order valence-corrected chi connectivity index (χ2v) is 8.62. The smallest absolute Gasteiger partial charge is 0.282 e. The van der Waals surface area contributed by atoms with E-state index in [0.717, 1.165) is 0 Å². The minimum Gasteiger partial charge on any atom is -0.299 e. The van der Waals surface area contributed by atoms with E-state index >= 15 is 0 Å². The van der Waals surface area contributed by atoms with Gasteiger partial charge in [-0.1, -0.05) is 42.5 Å². The monoisotopic (exact) mass is 355 g/mol. The van der Waals surface area contributed by atoms with Gasteiger partial charge >= 0.3 is 0 Å². The summed E-state index contributed by atoms with van der Waals surface area (Å²) in [4.78, 5) is 13.1. The standard InChI is InChI=1S/C20H21NO3S/c22-20-17-12-6-4-10-15(17)19(16-11-5-7-13-18(16)20)21-25(23,24)14-8-2-1-3-9-14/h1-9,15-18H,10-13H2. The van der Waals surface area contributed by atoms with Crippen LogP contribution in [-0.4, -0.2) is 19.9 Å². The van der Waals surface area contributed by atoms with E-state index in [1.54, 1.807) is 30.3 Å². The van der Waals surface area contributed by atoms with Crippen LogP contribution in [0.15, 0.2) is 63.9 Å². The van der Waals surface area contributed by atoms with Gasteiger partial charge in [0.2, 0.25) is 0 Å². The topological polar surface area (TPSA) is 63.6 Å². The Morgan fingerprint density at radius 2 is 1.24 bits per heavy atom. The number of Topliss-reactive ketones (excluding diaryl/α,β-unsaturated/α-hetero) is 1. The highest BCUT2D eigenvalue weighted by molar-refractivity contribution is 7.90. The Hall–Kier alpha value is -2.01. The molecule has 0 heterocycles. The molecule has 1 aromatic rings. The number of carbonyl (C=O) groups is 1. The predicted octanol–water partition coefficient (Wildman–Crippen LogP) is 3.56. The molecule has 0 aromatic heterocycles. The molecule has 1 saturated carbocycles. The average Bonchev–Trinajstić information content (AvgIpc) is 2.66. The Kier molecular flexibility index (Phi) is 4.20. The van der Waals surface area contributed by atoms with Gasteiger partial charge in [0.05, 0.1) is 4.90 Å². The first-order valence-electron chi connectivity index (χ1n) is 8.81. The number of nitrogens with zero attached hydrogens (tertiary/aromatic N) is 1. The first-order chi connectivity index (χ1) is 12.1. The normalized spacial score (nSPS) is 31.4. The summed E-state index contributed by atoms with van der Waals surface area (Å²) in [6.07, 6.45) is 11.0. The lowest BCUT2D eigenvalue weighted by molar-refractivity contribution is -0.130. The fraction of sp³-hybridized carbons (Fsp3) is 0.400. The van der Waals surface area contributed by atoms with Crippen molar-refractivity contribution in [3.05, 3.63) is 54.6 Å². The third kappa shape index (κ3) is 2.91. The number of fused-ring (bicyclic) bond motifs is 2. The van der Waals surface area contributed by atoms with Gasteiger partial charge in [-0.15, -0.1) is 0 Å². The fourth-order valence-corrected chi connectivity index (χ4v) is 5.54. The van der Waals surface area contributed by atoms with E-state index in [9.17, 15) is 13.2 Å². The van der Waals surface area contributed by atoms with Crippen LogP contribution >= 0.6 is 0 Å². The van der Waals surface area contributed by atoms with Crippen LogP contribution in [0.3, 0.4) is 0 Å². The van der Waals surface area contributed by atoms with Crippen molar-refractivity contribution in [3.8, 4) is 0 Å². The molecule has 3 aliphatic carbocycles. The molecule has 0 saturated heterocycles. The van der Waals surface area contributed by atoms with E-state index in [4.69, 9.17) is 0 Å². The van der Waals surface area contributed by atoms with E-state index in [1.807, 2.05) is 12.2 Å². The number of hydrogen-bond donors (Lipinski definition) is 0. The number of carbonyl (C=O) groups excluding carboxylic acids is 1. The highest BCUT2D eigenvalue weighted by Crippen LogP contribution is 2.44. The second kappa shape index (κ2) is 6.37. The molecule has 25 heavy (non-hydrogen) atoms. The van der Waals surface area contributed by atoms with E-state index in [1.165, 1.54) is 0 Å². The van der Waals surface area contributed by atoms with Crippen molar-refractivity contribution in [1.29, 1.82) is 0 Å². The summed E-state index contributed by atoms with van der Waals surface area (Å²) in [5.41, 5.74) is 0.715. The maximum absolute atomic E-state index is 12.9. The van der Waals surface area contributed by atoms with E-state index < -0.39 is 10.0 Å². The summed E-state index contributed by atoms with van der Waals surface area (Å²) in [6.45, 7) is 0. The SMILES string of the molecule is O=C1C2CC=CCC2C(=NS(=O)(=O)c2ccccc2)C2CC=CCC12. The van der Waals surface area contributed by atoms with Gasteiger partial charge in [-0.25, -0.2) is 0 Å². The zero-order valence-corrected chi connectivity index (χ0v) is 14.7. The van der Waals surface area contributed by atoms with Gasteiger partial charge in [0, 0.05) is 29.4 Å². The van der Waals surface area contributed by atoms with Gasteiger partial charge in [-0.05, 0) is 37.8 Å². The Morgan fingerprint density at radius 1 is 0.760 bits per heavy atom. The first-order valence-corrected chi connectivity index (χ1v) is 10.3. The van der Waals surface area contributed by atoms with E-state index in [-0.39, 0.29) is 28.6 Å². The van der Waals surface area contributed by atoms with Gasteiger partial charge in [0.25, 0.3) is 10.0 Å². The maximum atomic E-state index is 12.9. The molecule has 0 bridgehead atoms. The van der Waals surface area contributed by atoms with Gasteiger partial charge in [-0.3, -0.25) is 4.79 Å². The number of sulfonamides is 1. The molecule has 4 rings (SSSR count). The molecular formula is C20H21NO3S. The van der Waals surface area contributed by atoms with Crippen molar-refractivity contribution >= 4 is 21.5 Å². The highest BCUT2D eigenvalue weighted by Gasteiger charge is 2.48. The zero-order chi connectivity index (χ0) is 17.4. The van der Waals surface area contributed by atoms with Crippen molar-refractivity contribution in [2.75, 3.05) is 0 Å². The molecular weight excluding hydrogens is 334 g/mol. The summed E-state index contributed by atoms with van der Waals surface area (Å²) in [5.74, 6) is -0.114. The molecule has 0 amide bonds. The summed E-state index contributed by atoms with van der Waals surface area (Å²) >= 11 is 0. The van der Waals surface area contributed by atoms with Crippen LogP contribution in [0.2, 0.25) is 0 Å². The lowest BCUT2D eigenvalue weighted by Crippen LogP contribution is -2.48. The third-order valence-electron chi connectivity index (χ3n) is 5.62. The summed E-state index contributed by atoms with van der Waals surface area (Å²) < 4.78 is 30.0. The molecule has 4 unspecified atom stereocenters. The number of hydrogen-bond acceptors (Lipinski definition) is 3. The van der Waals surface area contributed by atoms with Crippen molar-refractivity contribution < 1.29 is 13.2 Å². The molecule has 0 N–H and O–H groups in total. The molecule has 1 fully saturated rings. The quantitative estimate of drug-likeness (QED) is 0.762. The Balaban J connectivity index is 1.81. The molecule has 5 heteroatoms. The van der Waals surface area contributed by atoms with Crippen molar-refractivity contribution in [2.24, 2.45) is 28.1 Å². The molecule has 130 valence electrons. The van der Waals surface area contributed by atoms with Crippen LogP contribution in [0.1, 0.15) is 25.7 Å². The van der Waals surface area contributed by atoms with Crippen molar-refractivity contribution in [1.82, 2.24) is 0 Å². The van der Waals surface area contributed by atoms with E-state index in [0.29, 0.717) is 37.2 Å². The van der Waals surface area contributed by atoms with Crippen LogP contribution in [-0.2, 0) is 14.8 Å². The largest absolute Gasteiger partial charge is 0.299 e. The molecule has 4 atom stereocenters. The van der Waals surface area contributed by atoms with Crippen molar-refractivity contribution in [3.63, 3.8) is 0 Å². The predicted molar refractivity (Wildman–Crippen MR) is 96.8 cm³/mol. The molecule has 0 spiro atoms. The number of benzene rings is 1. The highest BCUT2D eigenvalue weighted by atomic mass is 32.2. The third-order valence-corrected chi connectivity index (χ3v) is 6.94. The first kappa shape index (κ1) is 16.5. The average molecular weight is 355 g/mol. The molecule has 1 aromatic carbocycles. The number of ketones is 1. The van der Waals surface area contributed by atoms with Crippen LogP contribution < -0.4 is 0 Å². The minimum absolute atomic E-state index is 0.0799. The molecule has 4 nitrogen and oxygen atoms in total. The second-order valence-electron chi connectivity index (χ2n) is 7.02. The maximum Gasteiger partial charge on any atom is 0.282 e. The Morgan fingerprint density at radius 3 is 1.76 bits per heavy atom. The van der Waals surface area contributed by atoms with Gasteiger partial charge in [0.1, 0.15) is 5.78 Å². The number of allylic oxidation sites excluding steroid dienone is 4. The van der Waals surface area contributed by atoms with Gasteiger partial charge in [-0.2, -0.15) is 12.8 Å². The molecule has 3 aliphatic rings. The van der Waals surface area contributed by atoms with Crippen LogP contribution in [0.5, 0.6) is 0 Å². The number of rotatable bonds is 2. The lowest BCUT2D eigenvalue weighted by atomic mass is 9.60. The summed E-state index contributed by atoms with van der Waals surface area (Å²) in [7, 11) is -3.75. The van der Waals surface area contributed by atoms with Gasteiger partial charge < -0.3 is 0 Å². The van der Waals surface area contributed by atoms with Crippen LogP contribution in [0, 0.1) is 23.7 Å². The van der Waals surface area contributed by atoms with Crippen molar-refractivity contribution in [2.45, 2.75) is 30.6 Å². The zero-order valence-electron chi connectivity index (χ0n) is 13.9. The molecule has 0 radical (unpaired) electrons. The minimum atomic E-state index is -3.75. The van der Waals surface area contributed by atoms with Crippen LogP contribution in [0.4, 0.5) is 0 Å². The Labute approximate surface area is 148 Å². The molecule has 0 aliphatic heterocycles. The lowest BCUT2D eigenvalue weighted by Gasteiger charge is -2.43. The van der Waals surface area contributed by atoms with Gasteiger partial charge in [0.15, 0.2) is 0 Å². The fourth-order valence-electron chi connectivity index (χ4n) is 4.38. The Bertz CT molecular complexity index is 833. The van der Waals surface area contributed by atoms with Crippen LogP contribution in [0.25, 0.3) is 0 Å². The summed E-state index contributed by atoms with van der Waals surface area (Å²) in [6, 6.07) is 8.34. The van der Waals surface area contributed by atoms with E-state index in [2.05, 4.69) is 16.5 Å².